The van der Waals surface area contributed by atoms with E-state index in [2.05, 4.69) is 41.0 Å². The number of imidazole rings is 1. The number of amides is 1. The first-order chi connectivity index (χ1) is 22.5. The molecule has 3 heterocycles. The number of anilines is 1. The summed E-state index contributed by atoms with van der Waals surface area (Å²) in [5, 5.41) is 16.1. The van der Waals surface area contributed by atoms with Crippen molar-refractivity contribution in [3.8, 4) is 0 Å². The van der Waals surface area contributed by atoms with Crippen LogP contribution in [0.2, 0.25) is 5.04 Å². The van der Waals surface area contributed by atoms with Gasteiger partial charge >= 0.3 is 8.25 Å². The van der Waals surface area contributed by atoms with Crippen molar-refractivity contribution in [1.82, 2.24) is 19.5 Å². The van der Waals surface area contributed by atoms with Gasteiger partial charge in [-0.25, -0.2) is 15.0 Å². The molecule has 4 atom stereocenters. The SMILES string of the molecule is CC(C)(C)[Si](OC[C@H]1O[C@@H](n2cnc3c(NC(=O)c4ccccc4)ncnc32)C[C@@]1(O)O[P+](=O)[O-])(c1ccccc1)c1ccccc1. The van der Waals surface area contributed by atoms with Crippen LogP contribution in [0, 0.1) is 0 Å². The molecule has 2 aromatic heterocycles. The molecule has 1 saturated heterocycles. The van der Waals surface area contributed by atoms with Crippen LogP contribution >= 0.6 is 8.25 Å². The Morgan fingerprint density at radius 1 is 1.02 bits per heavy atom. The van der Waals surface area contributed by atoms with Gasteiger partial charge in [-0.3, -0.25) is 9.36 Å². The van der Waals surface area contributed by atoms with Crippen molar-refractivity contribution in [3.05, 3.63) is 109 Å². The summed E-state index contributed by atoms with van der Waals surface area (Å²) in [5.74, 6) is -2.44. The van der Waals surface area contributed by atoms with Gasteiger partial charge in [0, 0.05) is 5.56 Å². The third-order valence-electron chi connectivity index (χ3n) is 8.33. The summed E-state index contributed by atoms with van der Waals surface area (Å²) in [6, 6.07) is 28.5. The third-order valence-corrected chi connectivity index (χ3v) is 13.8. The Balaban J connectivity index is 1.33. The second kappa shape index (κ2) is 13.1. The maximum atomic E-state index is 12.8. The van der Waals surface area contributed by atoms with E-state index in [1.54, 1.807) is 28.8 Å². The highest BCUT2D eigenvalue weighted by molar-refractivity contribution is 7.30. The van der Waals surface area contributed by atoms with E-state index in [1.807, 2.05) is 66.7 Å². The Morgan fingerprint density at radius 2 is 1.62 bits per heavy atom. The van der Waals surface area contributed by atoms with Crippen molar-refractivity contribution >= 4 is 49.8 Å². The van der Waals surface area contributed by atoms with Crippen LogP contribution in [0.3, 0.4) is 0 Å². The van der Waals surface area contributed by atoms with Gasteiger partial charge in [-0.2, -0.15) is 0 Å². The maximum Gasteiger partial charge on any atom is 0.491 e. The van der Waals surface area contributed by atoms with Gasteiger partial charge in [0.05, 0.1) is 19.4 Å². The zero-order valence-electron chi connectivity index (χ0n) is 26.0. The highest BCUT2D eigenvalue weighted by atomic mass is 31.1. The summed E-state index contributed by atoms with van der Waals surface area (Å²) >= 11 is 0. The molecule has 1 aliphatic heterocycles. The lowest BCUT2D eigenvalue weighted by Crippen LogP contribution is -2.67. The second-order valence-corrected chi connectivity index (χ2v) is 17.2. The monoisotopic (exact) mass is 671 g/mol. The van der Waals surface area contributed by atoms with Gasteiger partial charge in [-0.05, 0) is 32.1 Å². The Kier molecular flexibility index (Phi) is 9.14. The average molecular weight is 672 g/mol. The number of carbonyl (C=O) groups is 1. The number of nitrogens with one attached hydrogen (secondary N) is 1. The second-order valence-electron chi connectivity index (χ2n) is 12.3. The molecular weight excluding hydrogens is 637 g/mol. The summed E-state index contributed by atoms with van der Waals surface area (Å²) in [6.07, 6.45) is 0.285. The molecule has 6 rings (SSSR count). The van der Waals surface area contributed by atoms with Crippen molar-refractivity contribution in [2.75, 3.05) is 11.9 Å². The fourth-order valence-electron chi connectivity index (χ4n) is 6.17. The van der Waals surface area contributed by atoms with E-state index in [0.29, 0.717) is 11.2 Å². The molecule has 0 bridgehead atoms. The first-order valence-electron chi connectivity index (χ1n) is 15.0. The summed E-state index contributed by atoms with van der Waals surface area (Å²) in [6.45, 7) is 6.16. The molecule has 3 aromatic carbocycles. The summed E-state index contributed by atoms with van der Waals surface area (Å²) in [4.78, 5) is 37.7. The summed E-state index contributed by atoms with van der Waals surface area (Å²) in [7, 11) is -6.54. The molecule has 1 unspecified atom stereocenters. The molecule has 1 aliphatic rings. The first kappa shape index (κ1) is 32.7. The number of rotatable bonds is 10. The van der Waals surface area contributed by atoms with Crippen LogP contribution in [0.4, 0.5) is 5.82 Å². The van der Waals surface area contributed by atoms with Crippen LogP contribution in [-0.2, 0) is 18.3 Å². The Bertz CT molecular complexity index is 1840. The minimum absolute atomic E-state index is 0.177. The highest BCUT2D eigenvalue weighted by Crippen LogP contribution is 2.44. The molecule has 14 heteroatoms. The molecule has 0 radical (unpaired) electrons. The number of nitrogens with zero attached hydrogens (tertiary/aromatic N) is 4. The van der Waals surface area contributed by atoms with Gasteiger partial charge in [0.2, 0.25) is 0 Å². The molecule has 12 nitrogen and oxygen atoms in total. The van der Waals surface area contributed by atoms with E-state index in [1.165, 1.54) is 12.7 Å². The molecule has 1 fully saturated rings. The fourth-order valence-corrected chi connectivity index (χ4v) is 11.2. The number of hydrogen-bond acceptors (Lipinski definition) is 10. The zero-order valence-corrected chi connectivity index (χ0v) is 27.9. The van der Waals surface area contributed by atoms with Crippen LogP contribution in [0.1, 0.15) is 43.8 Å². The van der Waals surface area contributed by atoms with Gasteiger partial charge in [0.15, 0.2) is 17.0 Å². The average Bonchev–Trinajstić information content (AvgIpc) is 3.63. The predicted octanol–water partition coefficient (Wildman–Crippen LogP) is 3.67. The standard InChI is InChI=1S/C33H34N5O7PSi/c1-32(2,3)47(24-15-9-5-10-16-24,25-17-11-6-12-18-25)43-20-26-33(40,45-46(41)42)19-27(44-26)38-22-36-28-29(34-21-35-30(28)38)37-31(39)23-13-7-4-8-14-23/h4-18,21-22,26-27,40H,19-20H2,1-3H3,(H,34,35,37,39)/t26-,27-,33-/m1/s1. The number of aliphatic hydroxyl groups is 1. The maximum absolute atomic E-state index is 12.8. The molecule has 0 spiro atoms. The van der Waals surface area contributed by atoms with Crippen LogP contribution in [0.5, 0.6) is 0 Å². The van der Waals surface area contributed by atoms with E-state index in [0.717, 1.165) is 10.4 Å². The predicted molar refractivity (Wildman–Crippen MR) is 175 cm³/mol. The minimum atomic E-state index is -3.46. The van der Waals surface area contributed by atoms with Crippen LogP contribution < -0.4 is 20.6 Å². The lowest BCUT2D eigenvalue weighted by Gasteiger charge is -2.43. The van der Waals surface area contributed by atoms with Crippen LogP contribution in [-0.4, -0.2) is 57.3 Å². The van der Waals surface area contributed by atoms with Crippen molar-refractivity contribution in [2.24, 2.45) is 0 Å². The van der Waals surface area contributed by atoms with Crippen molar-refractivity contribution < 1.29 is 33.0 Å². The lowest BCUT2D eigenvalue weighted by molar-refractivity contribution is -0.239. The zero-order chi connectivity index (χ0) is 33.2. The Morgan fingerprint density at radius 3 is 2.19 bits per heavy atom. The van der Waals surface area contributed by atoms with E-state index in [-0.39, 0.29) is 35.3 Å². The molecular formula is C33H34N5O7PSi. The topological polar surface area (TPSA) is 161 Å². The molecule has 0 saturated carbocycles. The van der Waals surface area contributed by atoms with Crippen molar-refractivity contribution in [1.29, 1.82) is 0 Å². The van der Waals surface area contributed by atoms with Gasteiger partial charge < -0.3 is 24.5 Å². The number of fused-ring (bicyclic) bond motifs is 1. The Labute approximate surface area is 273 Å². The van der Waals surface area contributed by atoms with E-state index in [9.17, 15) is 19.4 Å². The van der Waals surface area contributed by atoms with Crippen molar-refractivity contribution in [3.63, 3.8) is 0 Å². The number of hydrogen-bond donors (Lipinski definition) is 2. The first-order valence-corrected chi connectivity index (χ1v) is 18.0. The number of ether oxygens (including phenoxy) is 1. The normalized spacial score (nSPS) is 20.3. The van der Waals surface area contributed by atoms with Gasteiger partial charge in [-0.1, -0.05) is 99.6 Å². The minimum Gasteiger partial charge on any atom is -0.566 e. The molecule has 0 aliphatic carbocycles. The number of benzene rings is 3. The van der Waals surface area contributed by atoms with Gasteiger partial charge in [-0.15, -0.1) is 4.52 Å². The molecule has 5 aromatic rings. The largest absolute Gasteiger partial charge is 0.566 e. The molecule has 1 amide bonds. The fraction of sp³-hybridized carbons (Fsp3) is 0.273. The van der Waals surface area contributed by atoms with Crippen molar-refractivity contribution in [2.45, 2.75) is 50.3 Å². The smallest absolute Gasteiger partial charge is 0.491 e. The third kappa shape index (κ3) is 6.39. The summed E-state index contributed by atoms with van der Waals surface area (Å²) < 4.78 is 31.8. The number of aromatic nitrogens is 4. The van der Waals surface area contributed by atoms with E-state index in [4.69, 9.17) is 13.7 Å². The van der Waals surface area contributed by atoms with Crippen LogP contribution in [0.25, 0.3) is 11.2 Å². The molecule has 242 valence electrons. The molecule has 2 N–H and O–H groups in total. The number of carbonyl (C=O) groups excluding carboxylic acids is 1. The lowest BCUT2D eigenvalue weighted by atomic mass is 10.1. The summed E-state index contributed by atoms with van der Waals surface area (Å²) in [5.41, 5.74) is 1.03. The van der Waals surface area contributed by atoms with E-state index < -0.39 is 34.7 Å². The quantitative estimate of drug-likeness (QED) is 0.127. The molecule has 47 heavy (non-hydrogen) atoms. The Hall–Kier alpha value is -4.20. The van der Waals surface area contributed by atoms with Crippen LogP contribution in [0.15, 0.2) is 104 Å². The highest BCUT2D eigenvalue weighted by Gasteiger charge is 2.57. The van der Waals surface area contributed by atoms with E-state index >= 15 is 0 Å². The van der Waals surface area contributed by atoms with Gasteiger partial charge in [0.1, 0.15) is 18.7 Å². The van der Waals surface area contributed by atoms with Gasteiger partial charge in [0.25, 0.3) is 20.0 Å².